The zero-order chi connectivity index (χ0) is 8.55. The van der Waals surface area contributed by atoms with E-state index >= 15 is 0 Å². The maximum atomic E-state index is 8.60. The van der Waals surface area contributed by atoms with Crippen molar-refractivity contribution in [2.75, 3.05) is 0 Å². The first-order valence-electron chi connectivity index (χ1n) is 4.24. The predicted molar refractivity (Wildman–Crippen MR) is 44.6 cm³/mol. The number of hydrogen-bond donors (Lipinski definition) is 0. The molecule has 1 aromatic rings. The summed E-state index contributed by atoms with van der Waals surface area (Å²) in [6.07, 6.45) is 2.76. The molecule has 0 aromatic carbocycles. The molecule has 0 aliphatic carbocycles. The highest BCUT2D eigenvalue weighted by atomic mass is 15.1. The van der Waals surface area contributed by atoms with Gasteiger partial charge >= 0.3 is 0 Å². The average molecular weight is 161 g/mol. The van der Waals surface area contributed by atoms with Crippen LogP contribution in [0.5, 0.6) is 0 Å². The van der Waals surface area contributed by atoms with Crippen LogP contribution in [0.3, 0.4) is 0 Å². The molecule has 0 fully saturated rings. The van der Waals surface area contributed by atoms with Crippen molar-refractivity contribution in [2.24, 2.45) is 0 Å². The van der Waals surface area contributed by atoms with Crippen molar-refractivity contribution in [1.29, 1.82) is 5.26 Å². The van der Waals surface area contributed by atoms with Crippen molar-refractivity contribution >= 4 is 0 Å². The van der Waals surface area contributed by atoms with Gasteiger partial charge in [0.2, 0.25) is 0 Å². The van der Waals surface area contributed by atoms with Crippen LogP contribution >= 0.6 is 0 Å². The molecule has 3 nitrogen and oxygen atoms in total. The Morgan fingerprint density at radius 1 is 1.67 bits per heavy atom. The summed E-state index contributed by atoms with van der Waals surface area (Å²) in [5.74, 6) is 1.16. The van der Waals surface area contributed by atoms with E-state index in [1.165, 1.54) is 6.42 Å². The number of fused-ring (bicyclic) bond motifs is 1. The molecule has 0 saturated carbocycles. The molecule has 1 aliphatic heterocycles. The summed E-state index contributed by atoms with van der Waals surface area (Å²) in [7, 11) is 0. The van der Waals surface area contributed by atoms with E-state index in [0.29, 0.717) is 6.42 Å². The third kappa shape index (κ3) is 0.918. The van der Waals surface area contributed by atoms with Gasteiger partial charge in [-0.3, -0.25) is 0 Å². The molecule has 0 atom stereocenters. The molecule has 0 saturated heterocycles. The molecule has 2 heterocycles. The van der Waals surface area contributed by atoms with E-state index in [-0.39, 0.29) is 0 Å². The van der Waals surface area contributed by atoms with Crippen LogP contribution in [0.1, 0.15) is 23.6 Å². The highest BCUT2D eigenvalue weighted by molar-refractivity contribution is 5.21. The van der Waals surface area contributed by atoms with Crippen LogP contribution in [-0.4, -0.2) is 9.55 Å². The smallest absolute Gasteiger partial charge is 0.109 e. The standard InChI is InChI=1S/C9H11N3/c1-7-8(4-5-10)12-6-2-3-9(12)11-7/h2-4,6H2,1H3. The van der Waals surface area contributed by atoms with Gasteiger partial charge in [-0.2, -0.15) is 5.26 Å². The molecule has 3 heteroatoms. The largest absolute Gasteiger partial charge is 0.331 e. The number of rotatable bonds is 1. The van der Waals surface area contributed by atoms with E-state index in [1.54, 1.807) is 0 Å². The highest BCUT2D eigenvalue weighted by Crippen LogP contribution is 2.19. The molecule has 0 radical (unpaired) electrons. The Morgan fingerprint density at radius 3 is 3.25 bits per heavy atom. The van der Waals surface area contributed by atoms with Crippen LogP contribution in [0.2, 0.25) is 0 Å². The number of nitrogens with zero attached hydrogens (tertiary/aromatic N) is 3. The normalized spacial score (nSPS) is 14.3. The summed E-state index contributed by atoms with van der Waals surface area (Å²) in [4.78, 5) is 4.42. The molecule has 62 valence electrons. The van der Waals surface area contributed by atoms with Gasteiger partial charge in [-0.1, -0.05) is 0 Å². The quantitative estimate of drug-likeness (QED) is 0.621. The minimum Gasteiger partial charge on any atom is -0.331 e. The summed E-state index contributed by atoms with van der Waals surface area (Å²) < 4.78 is 2.19. The fraction of sp³-hybridized carbons (Fsp3) is 0.556. The minimum atomic E-state index is 0.499. The van der Waals surface area contributed by atoms with Crippen molar-refractivity contribution in [2.45, 2.75) is 32.7 Å². The van der Waals surface area contributed by atoms with Crippen LogP contribution in [0.15, 0.2) is 0 Å². The topological polar surface area (TPSA) is 41.6 Å². The van der Waals surface area contributed by atoms with Crippen LogP contribution in [-0.2, 0) is 19.4 Å². The molecule has 0 unspecified atom stereocenters. The minimum absolute atomic E-state index is 0.499. The number of aryl methyl sites for hydroxylation is 2. The monoisotopic (exact) mass is 161 g/mol. The summed E-state index contributed by atoms with van der Waals surface area (Å²) in [6, 6.07) is 2.18. The molecular weight excluding hydrogens is 150 g/mol. The average Bonchev–Trinajstić information content (AvgIpc) is 2.56. The molecule has 1 aliphatic rings. The lowest BCUT2D eigenvalue weighted by atomic mass is 10.2. The van der Waals surface area contributed by atoms with Crippen molar-refractivity contribution in [3.8, 4) is 6.07 Å². The van der Waals surface area contributed by atoms with Gasteiger partial charge in [0.25, 0.3) is 0 Å². The van der Waals surface area contributed by atoms with Gasteiger partial charge in [0.05, 0.1) is 23.9 Å². The predicted octanol–water partition coefficient (Wildman–Crippen LogP) is 1.20. The van der Waals surface area contributed by atoms with E-state index < -0.39 is 0 Å². The summed E-state index contributed by atoms with van der Waals surface area (Å²) in [5, 5.41) is 8.60. The van der Waals surface area contributed by atoms with Crippen molar-refractivity contribution in [1.82, 2.24) is 9.55 Å². The van der Waals surface area contributed by atoms with E-state index in [9.17, 15) is 0 Å². The lowest BCUT2D eigenvalue weighted by molar-refractivity contribution is 0.717. The zero-order valence-electron chi connectivity index (χ0n) is 7.17. The summed E-state index contributed by atoms with van der Waals surface area (Å²) in [5.41, 5.74) is 2.15. The Labute approximate surface area is 71.6 Å². The molecule has 1 aromatic heterocycles. The van der Waals surface area contributed by atoms with Crippen LogP contribution < -0.4 is 0 Å². The first kappa shape index (κ1) is 7.35. The Kier molecular flexibility index (Phi) is 1.61. The number of nitriles is 1. The Hall–Kier alpha value is -1.30. The third-order valence-electron chi connectivity index (χ3n) is 2.38. The van der Waals surface area contributed by atoms with Gasteiger partial charge in [-0.25, -0.2) is 4.98 Å². The van der Waals surface area contributed by atoms with Gasteiger partial charge < -0.3 is 4.57 Å². The second-order valence-electron chi connectivity index (χ2n) is 3.15. The molecule has 0 amide bonds. The fourth-order valence-electron chi connectivity index (χ4n) is 1.82. The zero-order valence-corrected chi connectivity index (χ0v) is 7.17. The Bertz CT molecular complexity index is 343. The first-order chi connectivity index (χ1) is 5.83. The maximum absolute atomic E-state index is 8.60. The van der Waals surface area contributed by atoms with Crippen molar-refractivity contribution in [3.63, 3.8) is 0 Å². The van der Waals surface area contributed by atoms with Gasteiger partial charge in [-0.05, 0) is 13.3 Å². The second-order valence-corrected chi connectivity index (χ2v) is 3.15. The van der Waals surface area contributed by atoms with Gasteiger partial charge in [0.1, 0.15) is 5.82 Å². The Balaban J connectivity index is 2.46. The van der Waals surface area contributed by atoms with Crippen LogP contribution in [0.4, 0.5) is 0 Å². The number of aromatic nitrogens is 2. The second kappa shape index (κ2) is 2.63. The van der Waals surface area contributed by atoms with E-state index in [2.05, 4.69) is 15.6 Å². The van der Waals surface area contributed by atoms with Gasteiger partial charge in [-0.15, -0.1) is 0 Å². The summed E-state index contributed by atoms with van der Waals surface area (Å²) in [6.45, 7) is 3.03. The van der Waals surface area contributed by atoms with Crippen LogP contribution in [0, 0.1) is 18.3 Å². The van der Waals surface area contributed by atoms with Gasteiger partial charge in [0.15, 0.2) is 0 Å². The third-order valence-corrected chi connectivity index (χ3v) is 2.38. The first-order valence-corrected chi connectivity index (χ1v) is 4.24. The molecule has 2 rings (SSSR count). The fourth-order valence-corrected chi connectivity index (χ4v) is 1.82. The lowest BCUT2D eigenvalue weighted by Gasteiger charge is -2.00. The van der Waals surface area contributed by atoms with E-state index in [1.807, 2.05) is 6.92 Å². The molecule has 0 spiro atoms. The number of hydrogen-bond acceptors (Lipinski definition) is 2. The van der Waals surface area contributed by atoms with E-state index in [0.717, 1.165) is 30.2 Å². The molecule has 0 N–H and O–H groups in total. The maximum Gasteiger partial charge on any atom is 0.109 e. The van der Waals surface area contributed by atoms with Crippen LogP contribution in [0.25, 0.3) is 0 Å². The van der Waals surface area contributed by atoms with E-state index in [4.69, 9.17) is 5.26 Å². The molecule has 0 bridgehead atoms. The van der Waals surface area contributed by atoms with Gasteiger partial charge in [0, 0.05) is 13.0 Å². The lowest BCUT2D eigenvalue weighted by Crippen LogP contribution is -1.99. The SMILES string of the molecule is Cc1nc2n(c1CC#N)CCC2. The Morgan fingerprint density at radius 2 is 2.50 bits per heavy atom. The summed E-state index contributed by atoms with van der Waals surface area (Å²) >= 11 is 0. The number of imidazole rings is 1. The van der Waals surface area contributed by atoms with Crippen molar-refractivity contribution < 1.29 is 0 Å². The highest BCUT2D eigenvalue weighted by Gasteiger charge is 2.17. The molecular formula is C9H11N3. The molecule has 12 heavy (non-hydrogen) atoms. The van der Waals surface area contributed by atoms with Crippen molar-refractivity contribution in [3.05, 3.63) is 17.2 Å².